The average molecular weight is 319 g/mol. The fourth-order valence-electron chi connectivity index (χ4n) is 2.66. The van der Waals surface area contributed by atoms with Crippen LogP contribution in [0.4, 0.5) is 5.69 Å². The second-order valence-electron chi connectivity index (χ2n) is 5.33. The molecule has 0 aromatic heterocycles. The van der Waals surface area contributed by atoms with Crippen LogP contribution in [0.1, 0.15) is 11.1 Å². The van der Waals surface area contributed by atoms with E-state index in [-0.39, 0.29) is 12.6 Å². The summed E-state index contributed by atoms with van der Waals surface area (Å²) in [5.41, 5.74) is 12.6. The number of azide groups is 1. The quantitative estimate of drug-likeness (QED) is 0.375. The first-order valence-corrected chi connectivity index (χ1v) is 7.52. The number of hydrogen-bond acceptors (Lipinski definition) is 4. The Morgan fingerprint density at radius 3 is 2.88 bits per heavy atom. The van der Waals surface area contributed by atoms with Crippen molar-refractivity contribution in [2.45, 2.75) is 6.04 Å². The van der Waals surface area contributed by atoms with Gasteiger partial charge in [0.1, 0.15) is 0 Å². The number of benzene rings is 2. The molecule has 1 aliphatic heterocycles. The van der Waals surface area contributed by atoms with Gasteiger partial charge in [0.15, 0.2) is 5.75 Å². The largest absolute Gasteiger partial charge is 0.411 e. The monoisotopic (exact) mass is 319 g/mol. The van der Waals surface area contributed by atoms with Crippen molar-refractivity contribution in [2.24, 2.45) is 11.0 Å². The fraction of sp³-hybridized carbons (Fsp3) is 0.111. The topological polar surface area (TPSA) is 96.0 Å². The zero-order chi connectivity index (χ0) is 16.8. The summed E-state index contributed by atoms with van der Waals surface area (Å²) in [5, 5.41) is 7.17. The van der Waals surface area contributed by atoms with Crippen LogP contribution in [0.25, 0.3) is 22.6 Å². The molecular formula is C18H17N5O. The summed E-state index contributed by atoms with van der Waals surface area (Å²) in [7, 11) is 0. The van der Waals surface area contributed by atoms with Crippen LogP contribution in [0.5, 0.6) is 5.75 Å². The van der Waals surface area contributed by atoms with Gasteiger partial charge < -0.3 is 10.2 Å². The van der Waals surface area contributed by atoms with E-state index in [1.807, 2.05) is 54.6 Å². The van der Waals surface area contributed by atoms with Gasteiger partial charge in [0.25, 0.3) is 0 Å². The van der Waals surface area contributed by atoms with Crippen molar-refractivity contribution in [3.05, 3.63) is 81.7 Å². The van der Waals surface area contributed by atoms with Crippen LogP contribution in [0.3, 0.4) is 0 Å². The number of rotatable bonds is 5. The molecule has 0 amide bonds. The Labute approximate surface area is 139 Å². The van der Waals surface area contributed by atoms with Crippen molar-refractivity contribution in [3.63, 3.8) is 0 Å². The van der Waals surface area contributed by atoms with Gasteiger partial charge in [0.2, 0.25) is 0 Å². The van der Waals surface area contributed by atoms with E-state index in [1.54, 1.807) is 6.07 Å². The normalized spacial score (nSPS) is 15.9. The maximum Gasteiger partial charge on any atom is 0.154 e. The first kappa shape index (κ1) is 15.7. The van der Waals surface area contributed by atoms with Crippen LogP contribution >= 0.6 is 0 Å². The van der Waals surface area contributed by atoms with Crippen LogP contribution < -0.4 is 16.1 Å². The predicted octanol–water partition coefficient (Wildman–Crippen LogP) is 4.14. The second-order valence-corrected chi connectivity index (χ2v) is 5.33. The summed E-state index contributed by atoms with van der Waals surface area (Å²) in [6.07, 6.45) is 6.05. The third-order valence-electron chi connectivity index (χ3n) is 3.84. The molecule has 2 aromatic carbocycles. The molecule has 0 saturated carbocycles. The molecule has 6 nitrogen and oxygen atoms in total. The van der Waals surface area contributed by atoms with Crippen LogP contribution in [-0.2, 0) is 0 Å². The Morgan fingerprint density at radius 2 is 2.04 bits per heavy atom. The Bertz CT molecular complexity index is 837. The molecular weight excluding hydrogens is 302 g/mol. The van der Waals surface area contributed by atoms with E-state index in [9.17, 15) is 0 Å². The van der Waals surface area contributed by atoms with Gasteiger partial charge in [0, 0.05) is 22.7 Å². The lowest BCUT2D eigenvalue weighted by molar-refractivity contribution is 0.334. The third kappa shape index (κ3) is 3.41. The van der Waals surface area contributed by atoms with E-state index >= 15 is 0 Å². The standard InChI is InChI=1S/C18H17N5O/c19-23-21-12-15(11-14-6-2-4-8-18(14)24-20)17-10-9-13-5-1-3-7-16(13)22-17/h1-11,17,22H,12,20H2/b15-11+. The molecule has 2 aromatic rings. The van der Waals surface area contributed by atoms with Crippen LogP contribution in [0.15, 0.2) is 65.3 Å². The minimum absolute atomic E-state index is 0.0729. The maximum absolute atomic E-state index is 8.69. The number of nitrogens with two attached hydrogens (primary N) is 1. The van der Waals surface area contributed by atoms with Gasteiger partial charge in [-0.25, -0.2) is 0 Å². The summed E-state index contributed by atoms with van der Waals surface area (Å²) in [4.78, 5) is 7.78. The van der Waals surface area contributed by atoms with Gasteiger partial charge in [-0.2, -0.15) is 5.90 Å². The van der Waals surface area contributed by atoms with E-state index in [0.29, 0.717) is 5.75 Å². The summed E-state index contributed by atoms with van der Waals surface area (Å²) in [6, 6.07) is 15.4. The molecule has 24 heavy (non-hydrogen) atoms. The van der Waals surface area contributed by atoms with Crippen LogP contribution in [0.2, 0.25) is 0 Å². The molecule has 0 spiro atoms. The minimum Gasteiger partial charge on any atom is -0.411 e. The van der Waals surface area contributed by atoms with E-state index in [1.165, 1.54) is 0 Å². The SMILES string of the molecule is [N-]=[N+]=NC/C(=C\c1ccccc1ON)C1C=Cc2ccccc2N1. The minimum atomic E-state index is -0.0729. The molecule has 1 unspecified atom stereocenters. The van der Waals surface area contributed by atoms with Gasteiger partial charge >= 0.3 is 0 Å². The number of nitrogens with one attached hydrogen (secondary N) is 1. The van der Waals surface area contributed by atoms with Gasteiger partial charge in [0.05, 0.1) is 6.04 Å². The molecule has 0 fully saturated rings. The number of hydrogen-bond donors (Lipinski definition) is 2. The molecule has 0 radical (unpaired) electrons. The van der Waals surface area contributed by atoms with Crippen molar-refractivity contribution >= 4 is 17.8 Å². The summed E-state index contributed by atoms with van der Waals surface area (Å²) >= 11 is 0. The third-order valence-corrected chi connectivity index (χ3v) is 3.84. The highest BCUT2D eigenvalue weighted by atomic mass is 16.6. The number of fused-ring (bicyclic) bond motifs is 1. The molecule has 3 N–H and O–H groups in total. The Balaban J connectivity index is 1.96. The van der Waals surface area contributed by atoms with Crippen molar-refractivity contribution in [2.75, 3.05) is 11.9 Å². The molecule has 1 heterocycles. The fourth-order valence-corrected chi connectivity index (χ4v) is 2.66. The zero-order valence-electron chi connectivity index (χ0n) is 13.0. The lowest BCUT2D eigenvalue weighted by Crippen LogP contribution is -2.23. The van der Waals surface area contributed by atoms with E-state index in [2.05, 4.69) is 21.4 Å². The van der Waals surface area contributed by atoms with Crippen LogP contribution in [0, 0.1) is 0 Å². The molecule has 0 aliphatic carbocycles. The van der Waals surface area contributed by atoms with Gasteiger partial charge in [-0.05, 0) is 34.9 Å². The molecule has 0 bridgehead atoms. The summed E-state index contributed by atoms with van der Waals surface area (Å²) < 4.78 is 0. The van der Waals surface area contributed by atoms with Crippen molar-refractivity contribution in [1.82, 2.24) is 0 Å². The molecule has 3 rings (SSSR count). The van der Waals surface area contributed by atoms with Crippen molar-refractivity contribution in [3.8, 4) is 5.75 Å². The highest BCUT2D eigenvalue weighted by Gasteiger charge is 2.16. The van der Waals surface area contributed by atoms with E-state index in [0.717, 1.165) is 22.4 Å². The summed E-state index contributed by atoms with van der Waals surface area (Å²) in [6.45, 7) is 0.250. The molecule has 120 valence electrons. The average Bonchev–Trinajstić information content (AvgIpc) is 2.65. The lowest BCUT2D eigenvalue weighted by Gasteiger charge is -2.24. The van der Waals surface area contributed by atoms with Gasteiger partial charge in [-0.15, -0.1) is 0 Å². The smallest absolute Gasteiger partial charge is 0.154 e. The lowest BCUT2D eigenvalue weighted by atomic mass is 9.98. The second kappa shape index (κ2) is 7.37. The predicted molar refractivity (Wildman–Crippen MR) is 96.1 cm³/mol. The Kier molecular flexibility index (Phi) is 4.81. The van der Waals surface area contributed by atoms with Crippen LogP contribution in [-0.4, -0.2) is 12.6 Å². The van der Waals surface area contributed by atoms with Gasteiger partial charge in [-0.3, -0.25) is 0 Å². The van der Waals surface area contributed by atoms with E-state index in [4.69, 9.17) is 16.3 Å². The molecule has 1 aliphatic rings. The van der Waals surface area contributed by atoms with Gasteiger partial charge in [-0.1, -0.05) is 53.7 Å². The first-order chi connectivity index (χ1) is 11.8. The first-order valence-electron chi connectivity index (χ1n) is 7.52. The summed E-state index contributed by atoms with van der Waals surface area (Å²) in [5.74, 6) is 5.89. The number of nitrogens with zero attached hydrogens (tertiary/aromatic N) is 3. The number of anilines is 1. The zero-order valence-corrected chi connectivity index (χ0v) is 13.0. The van der Waals surface area contributed by atoms with Crippen molar-refractivity contribution in [1.29, 1.82) is 0 Å². The molecule has 6 heteroatoms. The Hall–Kier alpha value is -3.21. The Morgan fingerprint density at radius 1 is 1.25 bits per heavy atom. The van der Waals surface area contributed by atoms with Crippen molar-refractivity contribution < 1.29 is 4.84 Å². The highest BCUT2D eigenvalue weighted by molar-refractivity contribution is 5.73. The molecule has 1 atom stereocenters. The molecule has 0 saturated heterocycles. The maximum atomic E-state index is 8.69. The number of para-hydroxylation sites is 2. The van der Waals surface area contributed by atoms with E-state index < -0.39 is 0 Å². The highest BCUT2D eigenvalue weighted by Crippen LogP contribution is 2.27.